The van der Waals surface area contributed by atoms with Gasteiger partial charge in [-0.25, -0.2) is 13.4 Å². The van der Waals surface area contributed by atoms with Crippen LogP contribution in [0.4, 0.5) is 4.79 Å². The molecule has 0 saturated carbocycles. The van der Waals surface area contributed by atoms with Gasteiger partial charge in [-0.3, -0.25) is 4.79 Å². The van der Waals surface area contributed by atoms with Crippen LogP contribution < -0.4 is 5.32 Å². The highest BCUT2D eigenvalue weighted by Crippen LogP contribution is 2.29. The van der Waals surface area contributed by atoms with Gasteiger partial charge in [-0.15, -0.1) is 0 Å². The Balaban J connectivity index is 2.19. The van der Waals surface area contributed by atoms with Gasteiger partial charge in [0, 0.05) is 31.9 Å². The van der Waals surface area contributed by atoms with E-state index in [4.69, 9.17) is 0 Å². The maximum Gasteiger partial charge on any atom is 0.306 e. The van der Waals surface area contributed by atoms with E-state index in [1.807, 2.05) is 0 Å². The number of carbonyl (C=O) groups is 1. The minimum absolute atomic E-state index is 0.383. The fourth-order valence-electron chi connectivity index (χ4n) is 1.71. The first-order valence-electron chi connectivity index (χ1n) is 4.97. The van der Waals surface area contributed by atoms with Gasteiger partial charge in [0.05, 0.1) is 0 Å². The topological polar surface area (TPSA) is 78.8 Å². The van der Waals surface area contributed by atoms with E-state index in [9.17, 15) is 13.2 Å². The molecular formula is C8H13N3O3S2. The maximum atomic E-state index is 12.2. The summed E-state index contributed by atoms with van der Waals surface area (Å²) in [4.78, 5) is 14.7. The van der Waals surface area contributed by atoms with E-state index < -0.39 is 19.8 Å². The monoisotopic (exact) mass is 263 g/mol. The van der Waals surface area contributed by atoms with Crippen LogP contribution in [0.15, 0.2) is 4.99 Å². The quantitative estimate of drug-likeness (QED) is 0.751. The zero-order valence-electron chi connectivity index (χ0n) is 8.84. The minimum atomic E-state index is -3.44. The third-order valence-corrected chi connectivity index (χ3v) is 6.36. The van der Waals surface area contributed by atoms with Crippen molar-refractivity contribution in [3.05, 3.63) is 0 Å². The molecule has 0 aromatic heterocycles. The number of thioether (sulfide) groups is 1. The predicted molar refractivity (Wildman–Crippen MR) is 63.2 cm³/mol. The lowest BCUT2D eigenvalue weighted by Crippen LogP contribution is -2.49. The van der Waals surface area contributed by atoms with Crippen molar-refractivity contribution >= 4 is 32.7 Å². The summed E-state index contributed by atoms with van der Waals surface area (Å²) in [5, 5.41) is 2.67. The number of carbonyl (C=O) groups excluding carboxylic acids is 1. The van der Waals surface area contributed by atoms with Crippen molar-refractivity contribution in [2.24, 2.45) is 4.99 Å². The third-order valence-electron chi connectivity index (χ3n) is 2.52. The fraction of sp³-hybridized carbons (Fsp3) is 0.750. The molecule has 6 nitrogen and oxygen atoms in total. The molecule has 1 amide bonds. The van der Waals surface area contributed by atoms with E-state index in [-0.39, 0.29) is 0 Å². The Morgan fingerprint density at radius 1 is 1.44 bits per heavy atom. The molecule has 8 heteroatoms. The number of piperazine rings is 1. The number of nitrogens with one attached hydrogen (secondary N) is 1. The Labute approximate surface area is 98.5 Å². The first kappa shape index (κ1) is 12.0. The van der Waals surface area contributed by atoms with Crippen LogP contribution in [0.1, 0.15) is 6.92 Å². The van der Waals surface area contributed by atoms with Crippen molar-refractivity contribution in [3.8, 4) is 0 Å². The van der Waals surface area contributed by atoms with E-state index in [0.717, 1.165) is 11.8 Å². The van der Waals surface area contributed by atoms with Crippen molar-refractivity contribution in [1.82, 2.24) is 9.62 Å². The van der Waals surface area contributed by atoms with Gasteiger partial charge in [-0.1, -0.05) is 0 Å². The molecular weight excluding hydrogens is 250 g/mol. The van der Waals surface area contributed by atoms with Crippen molar-refractivity contribution in [3.63, 3.8) is 0 Å². The number of amides is 1. The lowest BCUT2D eigenvalue weighted by Gasteiger charge is -2.28. The van der Waals surface area contributed by atoms with Crippen molar-refractivity contribution in [1.29, 1.82) is 0 Å². The van der Waals surface area contributed by atoms with Crippen LogP contribution in [0.5, 0.6) is 0 Å². The Morgan fingerprint density at radius 2 is 2.06 bits per heavy atom. The number of sulfonamides is 1. The van der Waals surface area contributed by atoms with E-state index in [2.05, 4.69) is 10.3 Å². The van der Waals surface area contributed by atoms with Crippen LogP contribution in [-0.4, -0.2) is 54.4 Å². The average molecular weight is 263 g/mol. The van der Waals surface area contributed by atoms with Gasteiger partial charge >= 0.3 is 5.24 Å². The normalized spacial score (nSPS) is 28.2. The maximum absolute atomic E-state index is 12.2. The third kappa shape index (κ3) is 2.15. The van der Waals surface area contributed by atoms with Crippen LogP contribution >= 0.6 is 11.8 Å². The largest absolute Gasteiger partial charge is 0.314 e. The standard InChI is InChI=1S/C8H13N3O3S2/c1-6-7(15-8(12)10-6)16(13,14)11-4-2-9-3-5-11/h7,9H,2-5H2,1H3. The molecule has 2 rings (SSSR count). The molecule has 1 atom stereocenters. The zero-order chi connectivity index (χ0) is 11.8. The molecule has 0 radical (unpaired) electrons. The zero-order valence-corrected chi connectivity index (χ0v) is 10.5. The van der Waals surface area contributed by atoms with Crippen LogP contribution in [0.25, 0.3) is 0 Å². The van der Waals surface area contributed by atoms with Crippen LogP contribution in [0.3, 0.4) is 0 Å². The molecule has 2 aliphatic rings. The average Bonchev–Trinajstić information content (AvgIpc) is 2.60. The summed E-state index contributed by atoms with van der Waals surface area (Å²) < 4.78 is 25.0. The van der Waals surface area contributed by atoms with E-state index in [1.165, 1.54) is 4.31 Å². The lowest BCUT2D eigenvalue weighted by atomic mass is 10.4. The minimum Gasteiger partial charge on any atom is -0.314 e. The molecule has 0 aliphatic carbocycles. The lowest BCUT2D eigenvalue weighted by molar-refractivity contribution is 0.268. The van der Waals surface area contributed by atoms with Gasteiger partial charge in [0.2, 0.25) is 10.0 Å². The Morgan fingerprint density at radius 3 is 2.56 bits per heavy atom. The fourth-order valence-corrected chi connectivity index (χ4v) is 4.86. The molecule has 0 bridgehead atoms. The van der Waals surface area contributed by atoms with Crippen molar-refractivity contribution in [2.45, 2.75) is 11.5 Å². The predicted octanol–water partition coefficient (Wildman–Crippen LogP) is -0.125. The van der Waals surface area contributed by atoms with E-state index in [1.54, 1.807) is 6.92 Å². The smallest absolute Gasteiger partial charge is 0.306 e. The molecule has 0 spiro atoms. The van der Waals surface area contributed by atoms with Gasteiger partial charge in [-0.2, -0.15) is 4.31 Å². The van der Waals surface area contributed by atoms with Crippen LogP contribution in [-0.2, 0) is 10.0 Å². The number of aliphatic imine (C=N–C) groups is 1. The Bertz CT molecular complexity index is 426. The molecule has 1 saturated heterocycles. The summed E-state index contributed by atoms with van der Waals surface area (Å²) in [6.45, 7) is 3.81. The van der Waals surface area contributed by atoms with Crippen molar-refractivity contribution in [2.75, 3.05) is 26.2 Å². The van der Waals surface area contributed by atoms with E-state index >= 15 is 0 Å². The molecule has 1 N–H and O–H groups in total. The van der Waals surface area contributed by atoms with E-state index in [0.29, 0.717) is 31.9 Å². The molecule has 0 aromatic rings. The Hall–Kier alpha value is -0.440. The second kappa shape index (κ2) is 4.44. The number of rotatable bonds is 2. The van der Waals surface area contributed by atoms with Gasteiger partial charge in [0.15, 0.2) is 4.58 Å². The van der Waals surface area contributed by atoms with Gasteiger partial charge in [-0.05, 0) is 18.7 Å². The highest BCUT2D eigenvalue weighted by Gasteiger charge is 2.40. The van der Waals surface area contributed by atoms with Gasteiger partial charge in [0.25, 0.3) is 0 Å². The molecule has 1 fully saturated rings. The van der Waals surface area contributed by atoms with Gasteiger partial charge in [0.1, 0.15) is 0 Å². The molecule has 1 unspecified atom stereocenters. The first-order valence-corrected chi connectivity index (χ1v) is 7.35. The first-order chi connectivity index (χ1) is 7.51. The second-order valence-electron chi connectivity index (χ2n) is 3.66. The summed E-state index contributed by atoms with van der Waals surface area (Å²) in [5.74, 6) is 0. The summed E-state index contributed by atoms with van der Waals surface area (Å²) >= 11 is 0.782. The second-order valence-corrected chi connectivity index (χ2v) is 7.04. The highest BCUT2D eigenvalue weighted by atomic mass is 32.3. The highest BCUT2D eigenvalue weighted by molar-refractivity contribution is 8.23. The number of hydrogen-bond donors (Lipinski definition) is 1. The van der Waals surface area contributed by atoms with Crippen LogP contribution in [0, 0.1) is 0 Å². The summed E-state index contributed by atoms with van der Waals surface area (Å²) in [6, 6.07) is 0. The molecule has 16 heavy (non-hydrogen) atoms. The van der Waals surface area contributed by atoms with Gasteiger partial charge < -0.3 is 5.32 Å². The van der Waals surface area contributed by atoms with Crippen LogP contribution in [0.2, 0.25) is 0 Å². The number of hydrogen-bond acceptors (Lipinski definition) is 5. The number of nitrogens with zero attached hydrogens (tertiary/aromatic N) is 2. The Kier molecular flexibility index (Phi) is 3.34. The molecule has 90 valence electrons. The SMILES string of the molecule is CC1=NC(=O)SC1S(=O)(=O)N1CCNCC1. The summed E-state index contributed by atoms with van der Waals surface area (Å²) in [5.41, 5.74) is 0.383. The molecule has 2 heterocycles. The van der Waals surface area contributed by atoms with Crippen molar-refractivity contribution < 1.29 is 13.2 Å². The summed E-state index contributed by atoms with van der Waals surface area (Å²) in [7, 11) is -3.44. The molecule has 0 aromatic carbocycles. The summed E-state index contributed by atoms with van der Waals surface area (Å²) in [6.07, 6.45) is 0. The molecule has 2 aliphatic heterocycles.